The molecule has 1 N–H and O–H groups in total. The van der Waals surface area contributed by atoms with Gasteiger partial charge in [-0.15, -0.1) is 0 Å². The Bertz CT molecular complexity index is 1690. The summed E-state index contributed by atoms with van der Waals surface area (Å²) in [5.41, 5.74) is 4.76. The van der Waals surface area contributed by atoms with E-state index in [9.17, 15) is 4.79 Å². The van der Waals surface area contributed by atoms with Crippen LogP contribution in [0.3, 0.4) is 0 Å². The van der Waals surface area contributed by atoms with Crippen molar-refractivity contribution in [1.29, 1.82) is 0 Å². The van der Waals surface area contributed by atoms with Gasteiger partial charge in [0.1, 0.15) is 5.82 Å². The summed E-state index contributed by atoms with van der Waals surface area (Å²) in [5, 5.41) is 2.99. The zero-order valence-corrected chi connectivity index (χ0v) is 24.3. The van der Waals surface area contributed by atoms with Crippen LogP contribution in [0.15, 0.2) is 78.9 Å². The number of hydrogen-bond acceptors (Lipinski definition) is 7. The maximum Gasteiger partial charge on any atom is 0.251 e. The maximum absolute atomic E-state index is 13.2. The summed E-state index contributed by atoms with van der Waals surface area (Å²) in [4.78, 5) is 18.2. The van der Waals surface area contributed by atoms with E-state index in [-0.39, 0.29) is 12.5 Å². The molecule has 9 nitrogen and oxygen atoms in total. The Kier molecular flexibility index (Phi) is 8.47. The summed E-state index contributed by atoms with van der Waals surface area (Å²) < 4.78 is 29.7. The smallest absolute Gasteiger partial charge is 0.251 e. The fourth-order valence-corrected chi connectivity index (χ4v) is 5.00. The first kappa shape index (κ1) is 28.4. The molecule has 1 amide bonds. The first-order valence-electron chi connectivity index (χ1n) is 13.3. The van der Waals surface area contributed by atoms with E-state index in [1.807, 2.05) is 60.7 Å². The lowest BCUT2D eigenvalue weighted by Crippen LogP contribution is -2.23. The van der Waals surface area contributed by atoms with Gasteiger partial charge in [0.2, 0.25) is 5.75 Å². The molecule has 0 saturated carbocycles. The van der Waals surface area contributed by atoms with Crippen molar-refractivity contribution < 1.29 is 28.5 Å². The lowest BCUT2D eigenvalue weighted by Gasteiger charge is -2.15. The SMILES string of the molecule is COc1cccc(CNC(=O)c2ccc3c(c2)nc(-c2cc(OC)c(OC)c(OC)c2)n3Cc2ccccc2)c1OC. The highest BCUT2D eigenvalue weighted by Gasteiger charge is 2.20. The Morgan fingerprint density at radius 3 is 2.07 bits per heavy atom. The molecule has 0 atom stereocenters. The highest BCUT2D eigenvalue weighted by Crippen LogP contribution is 2.41. The highest BCUT2D eigenvalue weighted by atomic mass is 16.5. The number of carbonyl (C=O) groups is 1. The predicted octanol–water partition coefficient (Wildman–Crippen LogP) is 5.72. The Morgan fingerprint density at radius 2 is 1.43 bits per heavy atom. The molecular formula is C33H33N3O6. The molecule has 5 aromatic rings. The number of rotatable bonds is 11. The van der Waals surface area contributed by atoms with Crippen LogP contribution >= 0.6 is 0 Å². The largest absolute Gasteiger partial charge is 0.493 e. The van der Waals surface area contributed by atoms with Crippen LogP contribution in [0.1, 0.15) is 21.5 Å². The van der Waals surface area contributed by atoms with Crippen molar-refractivity contribution in [3.05, 3.63) is 95.6 Å². The highest BCUT2D eigenvalue weighted by molar-refractivity contribution is 5.98. The average Bonchev–Trinajstić information content (AvgIpc) is 3.40. The summed E-state index contributed by atoms with van der Waals surface area (Å²) in [6.45, 7) is 0.848. The van der Waals surface area contributed by atoms with Crippen LogP contribution in [0.2, 0.25) is 0 Å². The van der Waals surface area contributed by atoms with E-state index in [1.54, 1.807) is 41.6 Å². The molecule has 0 bridgehead atoms. The van der Waals surface area contributed by atoms with Crippen molar-refractivity contribution >= 4 is 16.9 Å². The van der Waals surface area contributed by atoms with Gasteiger partial charge in [-0.05, 0) is 42.0 Å². The molecule has 0 saturated heterocycles. The number of fused-ring (bicyclic) bond motifs is 1. The first-order valence-corrected chi connectivity index (χ1v) is 13.3. The minimum Gasteiger partial charge on any atom is -0.493 e. The Balaban J connectivity index is 1.54. The number of carbonyl (C=O) groups excluding carboxylic acids is 1. The van der Waals surface area contributed by atoms with E-state index in [4.69, 9.17) is 28.7 Å². The first-order chi connectivity index (χ1) is 20.5. The van der Waals surface area contributed by atoms with Crippen LogP contribution in [0, 0.1) is 0 Å². The quantitative estimate of drug-likeness (QED) is 0.218. The van der Waals surface area contributed by atoms with E-state index in [2.05, 4.69) is 22.0 Å². The number of methoxy groups -OCH3 is 5. The van der Waals surface area contributed by atoms with E-state index in [0.717, 1.165) is 22.2 Å². The van der Waals surface area contributed by atoms with Gasteiger partial charge in [-0.25, -0.2) is 4.98 Å². The number of aromatic nitrogens is 2. The molecule has 0 aliphatic heterocycles. The molecule has 0 radical (unpaired) electrons. The van der Waals surface area contributed by atoms with Crippen molar-refractivity contribution in [3.63, 3.8) is 0 Å². The number of amides is 1. The summed E-state index contributed by atoms with van der Waals surface area (Å²) >= 11 is 0. The Hall–Kier alpha value is -5.18. The number of imidazole rings is 1. The normalized spacial score (nSPS) is 10.8. The number of nitrogens with one attached hydrogen (secondary N) is 1. The minimum atomic E-state index is -0.228. The Morgan fingerprint density at radius 1 is 0.738 bits per heavy atom. The molecule has 42 heavy (non-hydrogen) atoms. The van der Waals surface area contributed by atoms with E-state index >= 15 is 0 Å². The third-order valence-electron chi connectivity index (χ3n) is 7.04. The Labute approximate surface area is 244 Å². The molecule has 0 aliphatic carbocycles. The summed E-state index contributed by atoms with van der Waals surface area (Å²) in [6, 6.07) is 25.0. The van der Waals surface area contributed by atoms with E-state index in [0.29, 0.717) is 52.2 Å². The molecule has 0 spiro atoms. The van der Waals surface area contributed by atoms with Gasteiger partial charge in [-0.1, -0.05) is 42.5 Å². The predicted molar refractivity (Wildman–Crippen MR) is 161 cm³/mol. The van der Waals surface area contributed by atoms with Gasteiger partial charge in [0.25, 0.3) is 5.91 Å². The van der Waals surface area contributed by atoms with Crippen molar-refractivity contribution in [2.45, 2.75) is 13.1 Å². The number of benzene rings is 4. The van der Waals surface area contributed by atoms with Gasteiger partial charge in [0, 0.05) is 29.8 Å². The minimum absolute atomic E-state index is 0.228. The number of hydrogen-bond donors (Lipinski definition) is 1. The number of nitrogens with zero attached hydrogens (tertiary/aromatic N) is 2. The van der Waals surface area contributed by atoms with Crippen LogP contribution in [-0.2, 0) is 13.1 Å². The van der Waals surface area contributed by atoms with Gasteiger partial charge in [0.05, 0.1) is 46.6 Å². The molecule has 9 heteroatoms. The molecule has 0 unspecified atom stereocenters. The second kappa shape index (κ2) is 12.6. The van der Waals surface area contributed by atoms with Gasteiger partial charge in [0.15, 0.2) is 23.0 Å². The third-order valence-corrected chi connectivity index (χ3v) is 7.04. The molecular weight excluding hydrogens is 534 g/mol. The second-order valence-corrected chi connectivity index (χ2v) is 9.46. The molecule has 0 aliphatic rings. The van der Waals surface area contributed by atoms with Crippen LogP contribution in [-0.4, -0.2) is 51.0 Å². The van der Waals surface area contributed by atoms with Crippen molar-refractivity contribution in [2.75, 3.05) is 35.5 Å². The lowest BCUT2D eigenvalue weighted by atomic mass is 10.1. The van der Waals surface area contributed by atoms with Crippen LogP contribution in [0.5, 0.6) is 28.7 Å². The topological polar surface area (TPSA) is 93.1 Å². The molecule has 4 aromatic carbocycles. The van der Waals surface area contributed by atoms with Crippen LogP contribution in [0.25, 0.3) is 22.4 Å². The summed E-state index contributed by atoms with van der Waals surface area (Å²) in [5.74, 6) is 3.22. The van der Waals surface area contributed by atoms with E-state index < -0.39 is 0 Å². The average molecular weight is 568 g/mol. The third kappa shape index (κ3) is 5.54. The van der Waals surface area contributed by atoms with E-state index in [1.165, 1.54) is 0 Å². The summed E-state index contributed by atoms with van der Waals surface area (Å²) in [7, 11) is 7.90. The van der Waals surface area contributed by atoms with Crippen LogP contribution < -0.4 is 29.0 Å². The van der Waals surface area contributed by atoms with Crippen LogP contribution in [0.4, 0.5) is 0 Å². The van der Waals surface area contributed by atoms with Gasteiger partial charge >= 0.3 is 0 Å². The number of para-hydroxylation sites is 1. The molecule has 1 heterocycles. The second-order valence-electron chi connectivity index (χ2n) is 9.46. The lowest BCUT2D eigenvalue weighted by molar-refractivity contribution is 0.0950. The molecule has 1 aromatic heterocycles. The van der Waals surface area contributed by atoms with Gasteiger partial charge < -0.3 is 33.6 Å². The zero-order valence-electron chi connectivity index (χ0n) is 24.3. The fraction of sp³-hybridized carbons (Fsp3) is 0.212. The van der Waals surface area contributed by atoms with Gasteiger partial charge in [-0.3, -0.25) is 4.79 Å². The number of ether oxygens (including phenoxy) is 5. The fourth-order valence-electron chi connectivity index (χ4n) is 5.00. The standard InChI is InChI=1S/C33H33N3O6/c1-38-27-13-9-12-23(30(27)41-4)19-34-33(37)22-14-15-26-25(16-22)35-32(36(26)20-21-10-7-6-8-11-21)24-17-28(39-2)31(42-5)29(18-24)40-3/h6-18H,19-20H2,1-5H3,(H,34,37). The van der Waals surface area contributed by atoms with Crippen molar-refractivity contribution in [1.82, 2.24) is 14.9 Å². The summed E-state index contributed by atoms with van der Waals surface area (Å²) in [6.07, 6.45) is 0. The van der Waals surface area contributed by atoms with Crippen molar-refractivity contribution in [2.24, 2.45) is 0 Å². The molecule has 216 valence electrons. The molecule has 5 rings (SSSR count). The maximum atomic E-state index is 13.2. The zero-order chi connectivity index (χ0) is 29.6. The monoisotopic (exact) mass is 567 g/mol. The molecule has 0 fully saturated rings. The van der Waals surface area contributed by atoms with Crippen molar-refractivity contribution in [3.8, 4) is 40.1 Å². The van der Waals surface area contributed by atoms with Gasteiger partial charge in [-0.2, -0.15) is 0 Å².